The van der Waals surface area contributed by atoms with Crippen LogP contribution in [-0.4, -0.2) is 18.0 Å². The molecule has 2 fully saturated rings. The predicted molar refractivity (Wildman–Crippen MR) is 81.2 cm³/mol. The van der Waals surface area contributed by atoms with E-state index in [0.717, 1.165) is 29.1 Å². The Hall–Kier alpha value is -0.730. The van der Waals surface area contributed by atoms with Gasteiger partial charge in [0.05, 0.1) is 0 Å². The minimum Gasteiger partial charge on any atom is -0.399 e. The Labute approximate surface area is 120 Å². The Morgan fingerprint density at radius 3 is 2.74 bits per heavy atom. The maximum absolute atomic E-state index is 6.28. The number of benzene rings is 1. The summed E-state index contributed by atoms with van der Waals surface area (Å²) in [5.74, 6) is 1.92. The van der Waals surface area contributed by atoms with Gasteiger partial charge in [-0.2, -0.15) is 0 Å². The van der Waals surface area contributed by atoms with Gasteiger partial charge in [0.25, 0.3) is 0 Å². The van der Waals surface area contributed by atoms with Gasteiger partial charge < -0.3 is 5.73 Å². The molecular weight excluding hydrogens is 256 g/mol. The third kappa shape index (κ3) is 3.06. The van der Waals surface area contributed by atoms with Crippen molar-refractivity contribution in [3.63, 3.8) is 0 Å². The minimum absolute atomic E-state index is 0.750. The zero-order chi connectivity index (χ0) is 13.2. The lowest BCUT2D eigenvalue weighted by molar-refractivity contribution is 0.0821. The molecule has 0 amide bonds. The second-order valence-electron chi connectivity index (χ2n) is 6.18. The number of likely N-dealkylation sites (tertiary alicyclic amines) is 1. The Kier molecular flexibility index (Phi) is 3.99. The van der Waals surface area contributed by atoms with Crippen LogP contribution in [0.2, 0.25) is 5.02 Å². The van der Waals surface area contributed by atoms with Crippen LogP contribution < -0.4 is 5.73 Å². The molecule has 1 aliphatic heterocycles. The highest BCUT2D eigenvalue weighted by Crippen LogP contribution is 2.36. The summed E-state index contributed by atoms with van der Waals surface area (Å²) in [7, 11) is 0. The Morgan fingerprint density at radius 1 is 1.16 bits per heavy atom. The van der Waals surface area contributed by atoms with Gasteiger partial charge in [-0.25, -0.2) is 0 Å². The van der Waals surface area contributed by atoms with Crippen LogP contribution in [0.1, 0.15) is 37.7 Å². The maximum Gasteiger partial charge on any atom is 0.0471 e. The lowest BCUT2D eigenvalue weighted by Gasteiger charge is -2.41. The van der Waals surface area contributed by atoms with Crippen LogP contribution in [-0.2, 0) is 6.54 Å². The summed E-state index contributed by atoms with van der Waals surface area (Å²) < 4.78 is 0. The van der Waals surface area contributed by atoms with E-state index in [1.807, 2.05) is 12.1 Å². The Morgan fingerprint density at radius 2 is 1.95 bits per heavy atom. The maximum atomic E-state index is 6.28. The van der Waals surface area contributed by atoms with Gasteiger partial charge in [-0.15, -0.1) is 0 Å². The third-order valence-corrected chi connectivity index (χ3v) is 5.20. The van der Waals surface area contributed by atoms with Crippen LogP contribution >= 0.6 is 11.6 Å². The molecule has 1 aliphatic carbocycles. The molecular formula is C16H23ClN2. The highest BCUT2D eigenvalue weighted by Gasteiger charge is 2.30. The Bertz CT molecular complexity index is 446. The van der Waals surface area contributed by atoms with Crippen molar-refractivity contribution in [3.8, 4) is 0 Å². The molecule has 19 heavy (non-hydrogen) atoms. The van der Waals surface area contributed by atoms with E-state index < -0.39 is 0 Å². The summed E-state index contributed by atoms with van der Waals surface area (Å²) in [5.41, 5.74) is 7.71. The molecule has 104 valence electrons. The fourth-order valence-corrected chi connectivity index (χ4v) is 4.00. The largest absolute Gasteiger partial charge is 0.399 e. The first-order valence-corrected chi connectivity index (χ1v) is 7.86. The summed E-state index contributed by atoms with van der Waals surface area (Å²) in [5, 5.41) is 0.811. The van der Waals surface area contributed by atoms with Crippen LogP contribution in [0.5, 0.6) is 0 Å². The molecule has 1 aromatic carbocycles. The fraction of sp³-hybridized carbons (Fsp3) is 0.625. The van der Waals surface area contributed by atoms with E-state index in [1.54, 1.807) is 0 Å². The van der Waals surface area contributed by atoms with E-state index in [-0.39, 0.29) is 0 Å². The summed E-state index contributed by atoms with van der Waals surface area (Å²) in [6.07, 6.45) is 7.14. The highest BCUT2D eigenvalue weighted by atomic mass is 35.5. The summed E-state index contributed by atoms with van der Waals surface area (Å²) in [6.45, 7) is 3.45. The molecule has 2 unspecified atom stereocenters. The Balaban J connectivity index is 1.64. The minimum atomic E-state index is 0.750. The van der Waals surface area contributed by atoms with Crippen LogP contribution in [0.4, 0.5) is 5.69 Å². The van der Waals surface area contributed by atoms with Crippen molar-refractivity contribution in [2.45, 2.75) is 38.6 Å². The lowest BCUT2D eigenvalue weighted by Crippen LogP contribution is -2.41. The first-order chi connectivity index (χ1) is 9.22. The van der Waals surface area contributed by atoms with Gasteiger partial charge >= 0.3 is 0 Å². The second-order valence-corrected chi connectivity index (χ2v) is 6.59. The van der Waals surface area contributed by atoms with Gasteiger partial charge in [-0.05, 0) is 48.9 Å². The first-order valence-electron chi connectivity index (χ1n) is 7.48. The molecule has 0 spiro atoms. The number of piperidine rings is 1. The fourth-order valence-electron chi connectivity index (χ4n) is 3.75. The van der Waals surface area contributed by atoms with Crippen LogP contribution in [0.3, 0.4) is 0 Å². The average molecular weight is 279 g/mol. The predicted octanol–water partition coefficient (Wildman–Crippen LogP) is 3.93. The van der Waals surface area contributed by atoms with Crippen molar-refractivity contribution in [3.05, 3.63) is 28.8 Å². The molecule has 0 radical (unpaired) electrons. The summed E-state index contributed by atoms with van der Waals surface area (Å²) in [4.78, 5) is 2.57. The smallest absolute Gasteiger partial charge is 0.0471 e. The quantitative estimate of drug-likeness (QED) is 0.831. The first kappa shape index (κ1) is 13.3. The molecule has 1 saturated heterocycles. The van der Waals surface area contributed by atoms with Gasteiger partial charge in [0.1, 0.15) is 0 Å². The molecule has 2 aliphatic rings. The van der Waals surface area contributed by atoms with Gasteiger partial charge in [0.2, 0.25) is 0 Å². The molecule has 2 atom stereocenters. The normalized spacial score (nSPS) is 28.1. The van der Waals surface area contributed by atoms with Gasteiger partial charge in [0.15, 0.2) is 0 Å². The monoisotopic (exact) mass is 278 g/mol. The van der Waals surface area contributed by atoms with E-state index in [0.29, 0.717) is 0 Å². The van der Waals surface area contributed by atoms with Crippen molar-refractivity contribution >= 4 is 17.3 Å². The van der Waals surface area contributed by atoms with E-state index in [2.05, 4.69) is 11.0 Å². The number of rotatable bonds is 2. The van der Waals surface area contributed by atoms with Crippen LogP contribution in [0.15, 0.2) is 18.2 Å². The molecule has 1 aromatic rings. The number of hydrogen-bond donors (Lipinski definition) is 1. The zero-order valence-electron chi connectivity index (χ0n) is 11.4. The van der Waals surface area contributed by atoms with E-state index in [4.69, 9.17) is 17.3 Å². The number of nitrogens with two attached hydrogens (primary N) is 1. The molecule has 0 aromatic heterocycles. The molecule has 3 heteroatoms. The summed E-state index contributed by atoms with van der Waals surface area (Å²) >= 11 is 6.28. The molecule has 1 saturated carbocycles. The topological polar surface area (TPSA) is 29.3 Å². The van der Waals surface area contributed by atoms with Crippen molar-refractivity contribution in [2.24, 2.45) is 11.8 Å². The number of halogens is 1. The molecule has 0 bridgehead atoms. The van der Waals surface area contributed by atoms with Crippen LogP contribution in [0, 0.1) is 11.8 Å². The zero-order valence-corrected chi connectivity index (χ0v) is 12.2. The average Bonchev–Trinajstić information content (AvgIpc) is 2.42. The SMILES string of the molecule is Nc1ccc(CN2CCC3CCCCC3C2)c(Cl)c1. The number of hydrogen-bond acceptors (Lipinski definition) is 2. The van der Waals surface area contributed by atoms with E-state index >= 15 is 0 Å². The van der Waals surface area contributed by atoms with Crippen molar-refractivity contribution in [2.75, 3.05) is 18.8 Å². The highest BCUT2D eigenvalue weighted by molar-refractivity contribution is 6.31. The number of fused-ring (bicyclic) bond motifs is 1. The van der Waals surface area contributed by atoms with Crippen molar-refractivity contribution in [1.82, 2.24) is 4.90 Å². The van der Waals surface area contributed by atoms with Crippen molar-refractivity contribution < 1.29 is 0 Å². The lowest BCUT2D eigenvalue weighted by atomic mass is 9.75. The number of nitrogen functional groups attached to an aromatic ring is 1. The molecule has 2 nitrogen and oxygen atoms in total. The second kappa shape index (κ2) is 5.72. The molecule has 2 N–H and O–H groups in total. The molecule has 1 heterocycles. The van der Waals surface area contributed by atoms with Gasteiger partial charge in [-0.1, -0.05) is 36.9 Å². The standard InChI is InChI=1S/C16H23ClN2/c17-16-9-15(18)6-5-14(16)11-19-8-7-12-3-1-2-4-13(12)10-19/h5-6,9,12-13H,1-4,7-8,10-11,18H2. The van der Waals surface area contributed by atoms with E-state index in [1.165, 1.54) is 50.8 Å². The molecule has 3 rings (SSSR count). The number of nitrogens with zero attached hydrogens (tertiary/aromatic N) is 1. The van der Waals surface area contributed by atoms with E-state index in [9.17, 15) is 0 Å². The summed E-state index contributed by atoms with van der Waals surface area (Å²) in [6, 6.07) is 5.89. The number of anilines is 1. The van der Waals surface area contributed by atoms with Crippen LogP contribution in [0.25, 0.3) is 0 Å². The van der Waals surface area contributed by atoms with Gasteiger partial charge in [0, 0.05) is 23.8 Å². The van der Waals surface area contributed by atoms with Crippen molar-refractivity contribution in [1.29, 1.82) is 0 Å². The van der Waals surface area contributed by atoms with Gasteiger partial charge in [-0.3, -0.25) is 4.90 Å². The third-order valence-electron chi connectivity index (χ3n) is 4.85.